The first-order valence-electron chi connectivity index (χ1n) is 5.07. The number of hydrogen-bond acceptors (Lipinski definition) is 3. The number of hydrogen-bond donors (Lipinski definition) is 1. The second-order valence-electron chi connectivity index (χ2n) is 4.13. The van der Waals surface area contributed by atoms with Crippen molar-refractivity contribution in [3.05, 3.63) is 24.3 Å². The van der Waals surface area contributed by atoms with Crippen LogP contribution in [0.15, 0.2) is 24.3 Å². The van der Waals surface area contributed by atoms with Crippen LogP contribution in [0.1, 0.15) is 6.42 Å². The minimum absolute atomic E-state index is 0.309. The molecular weight excluding hydrogens is 176 g/mol. The molecule has 0 radical (unpaired) electrons. The largest absolute Gasteiger partial charge is 0.399 e. The van der Waals surface area contributed by atoms with E-state index in [-0.39, 0.29) is 0 Å². The Hall–Kier alpha value is -1.22. The van der Waals surface area contributed by atoms with Crippen molar-refractivity contribution in [1.29, 1.82) is 0 Å². The van der Waals surface area contributed by atoms with Crippen molar-refractivity contribution in [3.63, 3.8) is 0 Å². The van der Waals surface area contributed by atoms with Crippen LogP contribution in [0.4, 0.5) is 11.4 Å². The Labute approximate surface area is 83.5 Å². The minimum atomic E-state index is 0.309. The standard InChI is InChI=1S/C11H14N2O/c12-9-1-3-10(4-2-9)13-6-8-5-11(13)14-7-8/h1-4,8,11H,5-7,12H2/t8-,11+/m0/s1. The molecule has 2 heterocycles. The number of nitrogens with two attached hydrogens (primary N) is 1. The fourth-order valence-electron chi connectivity index (χ4n) is 2.35. The van der Waals surface area contributed by atoms with E-state index < -0.39 is 0 Å². The molecule has 14 heavy (non-hydrogen) atoms. The fourth-order valence-corrected chi connectivity index (χ4v) is 2.35. The minimum Gasteiger partial charge on any atom is -0.399 e. The molecule has 2 saturated heterocycles. The van der Waals surface area contributed by atoms with E-state index in [0.29, 0.717) is 6.23 Å². The van der Waals surface area contributed by atoms with Gasteiger partial charge in [-0.2, -0.15) is 0 Å². The van der Waals surface area contributed by atoms with E-state index >= 15 is 0 Å². The molecule has 2 N–H and O–H groups in total. The van der Waals surface area contributed by atoms with Gasteiger partial charge in [-0.15, -0.1) is 0 Å². The first-order chi connectivity index (χ1) is 6.83. The lowest BCUT2D eigenvalue weighted by Gasteiger charge is -2.29. The molecular formula is C11H14N2O. The fraction of sp³-hybridized carbons (Fsp3) is 0.455. The Morgan fingerprint density at radius 2 is 2.07 bits per heavy atom. The molecule has 2 bridgehead atoms. The van der Waals surface area contributed by atoms with Gasteiger partial charge in [-0.05, 0) is 30.7 Å². The van der Waals surface area contributed by atoms with Crippen LogP contribution in [0.2, 0.25) is 0 Å². The second kappa shape index (κ2) is 2.89. The van der Waals surface area contributed by atoms with E-state index in [0.717, 1.165) is 24.8 Å². The van der Waals surface area contributed by atoms with Gasteiger partial charge in [0.25, 0.3) is 0 Å². The number of nitrogen functional groups attached to an aromatic ring is 1. The number of anilines is 2. The SMILES string of the molecule is Nc1ccc(N2C[C@H]3CO[C@@H]2C3)cc1. The van der Waals surface area contributed by atoms with E-state index in [1.54, 1.807) is 0 Å². The molecule has 3 rings (SSSR count). The summed E-state index contributed by atoms with van der Waals surface area (Å²) in [5.41, 5.74) is 7.70. The number of ether oxygens (including phenoxy) is 1. The van der Waals surface area contributed by atoms with E-state index in [4.69, 9.17) is 10.5 Å². The van der Waals surface area contributed by atoms with E-state index in [1.807, 2.05) is 12.1 Å². The van der Waals surface area contributed by atoms with Crippen molar-refractivity contribution in [2.45, 2.75) is 12.6 Å². The molecule has 74 valence electrons. The maximum Gasteiger partial charge on any atom is 0.130 e. The lowest BCUT2D eigenvalue weighted by atomic mass is 10.2. The Kier molecular flexibility index (Phi) is 1.67. The summed E-state index contributed by atoms with van der Waals surface area (Å²) in [6.45, 7) is 2.07. The summed E-state index contributed by atoms with van der Waals surface area (Å²) < 4.78 is 5.64. The highest BCUT2D eigenvalue weighted by molar-refractivity contribution is 5.54. The second-order valence-corrected chi connectivity index (χ2v) is 4.13. The van der Waals surface area contributed by atoms with E-state index in [9.17, 15) is 0 Å². The third kappa shape index (κ3) is 1.16. The quantitative estimate of drug-likeness (QED) is 0.681. The van der Waals surface area contributed by atoms with Crippen LogP contribution in [-0.2, 0) is 4.74 Å². The van der Waals surface area contributed by atoms with Crippen molar-refractivity contribution in [1.82, 2.24) is 0 Å². The van der Waals surface area contributed by atoms with Gasteiger partial charge in [0.2, 0.25) is 0 Å². The molecule has 2 aliphatic heterocycles. The number of benzene rings is 1. The zero-order valence-electron chi connectivity index (χ0n) is 8.02. The van der Waals surface area contributed by atoms with Crippen LogP contribution in [0, 0.1) is 5.92 Å². The summed E-state index contributed by atoms with van der Waals surface area (Å²) >= 11 is 0. The third-order valence-corrected chi connectivity index (χ3v) is 3.09. The van der Waals surface area contributed by atoms with Crippen LogP contribution in [-0.4, -0.2) is 19.4 Å². The highest BCUT2D eigenvalue weighted by Crippen LogP contribution is 2.35. The Morgan fingerprint density at radius 1 is 1.29 bits per heavy atom. The molecule has 1 aromatic carbocycles. The summed E-state index contributed by atoms with van der Waals surface area (Å²) in [5.74, 6) is 0.734. The summed E-state index contributed by atoms with van der Waals surface area (Å²) in [5, 5.41) is 0. The van der Waals surface area contributed by atoms with Crippen LogP contribution in [0.25, 0.3) is 0 Å². The van der Waals surface area contributed by atoms with Crippen molar-refractivity contribution < 1.29 is 4.74 Å². The molecule has 1 aromatic rings. The third-order valence-electron chi connectivity index (χ3n) is 3.09. The van der Waals surface area contributed by atoms with Gasteiger partial charge in [-0.3, -0.25) is 0 Å². The van der Waals surface area contributed by atoms with E-state index in [2.05, 4.69) is 17.0 Å². The normalized spacial score (nSPS) is 29.9. The molecule has 0 saturated carbocycles. The van der Waals surface area contributed by atoms with Crippen LogP contribution < -0.4 is 10.6 Å². The first kappa shape index (κ1) is 8.12. The topological polar surface area (TPSA) is 38.5 Å². The smallest absolute Gasteiger partial charge is 0.130 e. The molecule has 2 aliphatic rings. The number of fused-ring (bicyclic) bond motifs is 2. The van der Waals surface area contributed by atoms with Crippen LogP contribution in [0.3, 0.4) is 0 Å². The molecule has 0 unspecified atom stereocenters. The predicted octanol–water partition coefficient (Wildman–Crippen LogP) is 1.45. The van der Waals surface area contributed by atoms with Gasteiger partial charge in [-0.1, -0.05) is 0 Å². The number of rotatable bonds is 1. The van der Waals surface area contributed by atoms with Crippen LogP contribution >= 0.6 is 0 Å². The monoisotopic (exact) mass is 190 g/mol. The van der Waals surface area contributed by atoms with Crippen LogP contribution in [0.5, 0.6) is 0 Å². The Morgan fingerprint density at radius 3 is 2.64 bits per heavy atom. The summed E-state index contributed by atoms with van der Waals surface area (Å²) in [7, 11) is 0. The zero-order chi connectivity index (χ0) is 9.54. The van der Waals surface area contributed by atoms with Gasteiger partial charge >= 0.3 is 0 Å². The van der Waals surface area contributed by atoms with Crippen molar-refractivity contribution in [2.75, 3.05) is 23.8 Å². The summed E-state index contributed by atoms with van der Waals surface area (Å²) in [6, 6.07) is 8.03. The van der Waals surface area contributed by atoms with Gasteiger partial charge in [0.05, 0.1) is 6.61 Å². The average Bonchev–Trinajstić information content (AvgIpc) is 2.80. The lowest BCUT2D eigenvalue weighted by molar-refractivity contribution is 0.0860. The molecule has 2 fully saturated rings. The van der Waals surface area contributed by atoms with E-state index in [1.165, 1.54) is 12.1 Å². The Balaban J connectivity index is 1.86. The number of nitrogens with zero attached hydrogens (tertiary/aromatic N) is 1. The molecule has 3 nitrogen and oxygen atoms in total. The maximum atomic E-state index is 5.65. The predicted molar refractivity (Wildman–Crippen MR) is 56.0 cm³/mol. The van der Waals surface area contributed by atoms with Crippen molar-refractivity contribution >= 4 is 11.4 Å². The molecule has 2 atom stereocenters. The molecule has 0 aromatic heterocycles. The summed E-state index contributed by atoms with van der Waals surface area (Å²) in [4.78, 5) is 2.33. The summed E-state index contributed by atoms with van der Waals surface area (Å²) in [6.07, 6.45) is 1.49. The van der Waals surface area contributed by atoms with Gasteiger partial charge in [-0.25, -0.2) is 0 Å². The van der Waals surface area contributed by atoms with Gasteiger partial charge in [0.15, 0.2) is 0 Å². The molecule has 0 spiro atoms. The highest BCUT2D eigenvalue weighted by atomic mass is 16.5. The van der Waals surface area contributed by atoms with Gasteiger partial charge < -0.3 is 15.4 Å². The molecule has 0 amide bonds. The van der Waals surface area contributed by atoms with Crippen molar-refractivity contribution in [2.24, 2.45) is 5.92 Å². The Bertz CT molecular complexity index is 336. The zero-order valence-corrected chi connectivity index (χ0v) is 8.02. The maximum absolute atomic E-state index is 5.65. The van der Waals surface area contributed by atoms with Gasteiger partial charge in [0, 0.05) is 23.8 Å². The van der Waals surface area contributed by atoms with Crippen molar-refractivity contribution in [3.8, 4) is 0 Å². The molecule has 3 heteroatoms. The lowest BCUT2D eigenvalue weighted by Crippen LogP contribution is -2.35. The average molecular weight is 190 g/mol. The molecule has 0 aliphatic carbocycles. The first-order valence-corrected chi connectivity index (χ1v) is 5.07. The highest BCUT2D eigenvalue weighted by Gasteiger charge is 2.38. The van der Waals surface area contributed by atoms with Gasteiger partial charge in [0.1, 0.15) is 6.23 Å².